The minimum Gasteiger partial charge on any atom is -0.375 e. The molecule has 1 amide bonds. The molecule has 1 heterocycles. The molecule has 12 heavy (non-hydrogen) atoms. The third kappa shape index (κ3) is 1.50. The fraction of sp³-hybridized carbons (Fsp3) is 0. The van der Waals surface area contributed by atoms with Gasteiger partial charge in [-0.05, 0) is 0 Å². The van der Waals surface area contributed by atoms with E-state index >= 15 is 0 Å². The normalized spacial score (nSPS) is 9.00. The molecule has 0 unspecified atom stereocenters. The van der Waals surface area contributed by atoms with Crippen LogP contribution in [-0.4, -0.2) is 16.8 Å². The summed E-state index contributed by atoms with van der Waals surface area (Å²) in [6.07, 6.45) is 0. The number of hydrogen-bond acceptors (Lipinski definition) is 5. The Bertz CT molecular complexity index is 365. The molecule has 0 bridgehead atoms. The second-order valence-electron chi connectivity index (χ2n) is 1.91. The Morgan fingerprint density at radius 1 is 1.67 bits per heavy atom. The molecule has 0 aliphatic heterocycles. The van der Waals surface area contributed by atoms with Crippen molar-refractivity contribution in [3.8, 4) is 0 Å². The summed E-state index contributed by atoms with van der Waals surface area (Å²) in [6.45, 7) is 0. The largest absolute Gasteiger partial charge is 0.375 e. The molecule has 0 radical (unpaired) electrons. The Morgan fingerprint density at radius 2 is 2.33 bits per heavy atom. The molecule has 0 atom stereocenters. The molecule has 0 aromatic carbocycles. The van der Waals surface area contributed by atoms with Crippen LogP contribution in [0, 0.1) is 0 Å². The van der Waals surface area contributed by atoms with E-state index in [1.807, 2.05) is 0 Å². The van der Waals surface area contributed by atoms with E-state index in [-0.39, 0.29) is 16.4 Å². The Labute approximate surface area is 71.7 Å². The highest BCUT2D eigenvalue weighted by Crippen LogP contribution is 2.16. The van der Waals surface area contributed by atoms with E-state index in [1.165, 1.54) is 11.3 Å². The summed E-state index contributed by atoms with van der Waals surface area (Å²) >= 11 is 1.12. The molecule has 0 saturated heterocycles. The maximum absolute atomic E-state index is 10.6. The van der Waals surface area contributed by atoms with Crippen molar-refractivity contribution in [2.24, 2.45) is 5.73 Å². The number of nitrogens with two attached hydrogens (primary N) is 2. The van der Waals surface area contributed by atoms with Crippen molar-refractivity contribution in [2.75, 3.05) is 5.73 Å². The quantitative estimate of drug-likeness (QED) is 0.473. The first-order chi connectivity index (χ1) is 5.65. The van der Waals surface area contributed by atoms with Crippen molar-refractivity contribution in [2.45, 2.75) is 0 Å². The summed E-state index contributed by atoms with van der Waals surface area (Å²) in [4.78, 5) is 24.5. The molecule has 1 aromatic heterocycles. The van der Waals surface area contributed by atoms with Gasteiger partial charge >= 0.3 is 0 Å². The van der Waals surface area contributed by atoms with Gasteiger partial charge < -0.3 is 11.5 Å². The second-order valence-corrected chi connectivity index (χ2v) is 2.80. The zero-order valence-electron chi connectivity index (χ0n) is 5.90. The summed E-state index contributed by atoms with van der Waals surface area (Å²) in [7, 11) is 0. The number of aromatic nitrogens is 1. The first-order valence-electron chi connectivity index (χ1n) is 2.91. The number of thiazole rings is 1. The molecule has 1 aromatic rings. The number of carbonyl (C=O) groups excluding carboxylic acids is 2. The van der Waals surface area contributed by atoms with Crippen molar-refractivity contribution in [1.82, 2.24) is 4.98 Å². The zero-order valence-corrected chi connectivity index (χ0v) is 6.72. The molecule has 0 saturated carbocycles. The van der Waals surface area contributed by atoms with Gasteiger partial charge in [0.05, 0.1) is 0 Å². The van der Waals surface area contributed by atoms with Gasteiger partial charge in [0.1, 0.15) is 17.2 Å². The molecule has 0 spiro atoms. The molecule has 0 aliphatic rings. The monoisotopic (exact) mass is 183 g/mol. The Kier molecular flexibility index (Phi) is 2.23. The first kappa shape index (κ1) is 8.45. The van der Waals surface area contributed by atoms with Gasteiger partial charge in [-0.25, -0.2) is 9.78 Å². The van der Waals surface area contributed by atoms with Crippen LogP contribution in [0.1, 0.15) is 5.69 Å². The van der Waals surface area contributed by atoms with E-state index in [4.69, 9.17) is 11.5 Å². The summed E-state index contributed by atoms with van der Waals surface area (Å²) < 4.78 is 0. The Balaban J connectivity index is 3.13. The van der Waals surface area contributed by atoms with Crippen LogP contribution in [-0.2, 0) is 9.59 Å². The van der Waals surface area contributed by atoms with Crippen molar-refractivity contribution in [1.29, 1.82) is 0 Å². The molecular weight excluding hydrogens is 178 g/mol. The highest BCUT2D eigenvalue weighted by Gasteiger charge is 2.12. The lowest BCUT2D eigenvalue weighted by Gasteiger charge is -1.89. The van der Waals surface area contributed by atoms with Crippen molar-refractivity contribution in [3.05, 3.63) is 11.1 Å². The SMILES string of the molecule is NC(=O)C(=C=O)c1csc(N)n1. The molecule has 62 valence electrons. The molecule has 5 nitrogen and oxygen atoms in total. The lowest BCUT2D eigenvalue weighted by Crippen LogP contribution is -2.13. The van der Waals surface area contributed by atoms with Crippen LogP contribution in [0.25, 0.3) is 5.57 Å². The van der Waals surface area contributed by atoms with Crippen LogP contribution in [0.2, 0.25) is 0 Å². The number of anilines is 1. The zero-order chi connectivity index (χ0) is 9.14. The highest BCUT2D eigenvalue weighted by molar-refractivity contribution is 7.13. The number of nitrogens with zero attached hydrogens (tertiary/aromatic N) is 1. The fourth-order valence-electron chi connectivity index (χ4n) is 0.631. The van der Waals surface area contributed by atoms with Crippen LogP contribution in [0.5, 0.6) is 0 Å². The average Bonchev–Trinajstić information content (AvgIpc) is 2.37. The summed E-state index contributed by atoms with van der Waals surface area (Å²) in [5, 5.41) is 1.75. The second kappa shape index (κ2) is 3.17. The Hall–Kier alpha value is -1.65. The van der Waals surface area contributed by atoms with Crippen LogP contribution < -0.4 is 11.5 Å². The van der Waals surface area contributed by atoms with Gasteiger partial charge in [0.2, 0.25) is 0 Å². The number of carbonyl (C=O) groups is 1. The van der Waals surface area contributed by atoms with E-state index in [2.05, 4.69) is 4.98 Å². The van der Waals surface area contributed by atoms with Crippen LogP contribution in [0.3, 0.4) is 0 Å². The van der Waals surface area contributed by atoms with Crippen LogP contribution in [0.4, 0.5) is 5.13 Å². The number of primary amides is 1. The fourth-order valence-corrected chi connectivity index (χ4v) is 1.19. The van der Waals surface area contributed by atoms with E-state index in [9.17, 15) is 9.59 Å². The van der Waals surface area contributed by atoms with E-state index in [1.54, 1.807) is 0 Å². The van der Waals surface area contributed by atoms with Gasteiger partial charge in [0.25, 0.3) is 5.91 Å². The molecule has 6 heteroatoms. The summed E-state index contributed by atoms with van der Waals surface area (Å²) in [6, 6.07) is 0. The number of nitrogen functional groups attached to an aromatic ring is 1. The summed E-state index contributed by atoms with van der Waals surface area (Å²) in [5.41, 5.74) is 10.1. The summed E-state index contributed by atoms with van der Waals surface area (Å²) in [5.74, 6) is 0.560. The van der Waals surface area contributed by atoms with Crippen LogP contribution in [0.15, 0.2) is 5.38 Å². The lowest BCUT2D eigenvalue weighted by molar-refractivity contribution is -0.112. The lowest BCUT2D eigenvalue weighted by atomic mass is 10.2. The van der Waals surface area contributed by atoms with E-state index in [0.29, 0.717) is 0 Å². The van der Waals surface area contributed by atoms with Gasteiger partial charge in [0, 0.05) is 5.38 Å². The van der Waals surface area contributed by atoms with Crippen LogP contribution >= 0.6 is 11.3 Å². The standard InChI is InChI=1S/C6H5N3O2S/c7-5(11)3(1-10)4-2-12-6(8)9-4/h2H,(H2,7,11)(H2,8,9). The van der Waals surface area contributed by atoms with Crippen molar-refractivity contribution >= 4 is 33.9 Å². The number of rotatable bonds is 2. The first-order valence-corrected chi connectivity index (χ1v) is 3.79. The average molecular weight is 183 g/mol. The third-order valence-electron chi connectivity index (χ3n) is 1.13. The predicted molar refractivity (Wildman–Crippen MR) is 44.8 cm³/mol. The minimum absolute atomic E-state index is 0.181. The maximum atomic E-state index is 10.6. The van der Waals surface area contributed by atoms with Crippen molar-refractivity contribution in [3.63, 3.8) is 0 Å². The maximum Gasteiger partial charge on any atom is 0.262 e. The number of hydrogen-bond donors (Lipinski definition) is 2. The molecular formula is C6H5N3O2S. The Morgan fingerprint density at radius 3 is 2.67 bits per heavy atom. The third-order valence-corrected chi connectivity index (χ3v) is 1.80. The molecule has 0 aliphatic carbocycles. The van der Waals surface area contributed by atoms with E-state index in [0.717, 1.165) is 11.3 Å². The molecule has 4 N–H and O–H groups in total. The smallest absolute Gasteiger partial charge is 0.262 e. The highest BCUT2D eigenvalue weighted by atomic mass is 32.1. The van der Waals surface area contributed by atoms with E-state index < -0.39 is 5.91 Å². The van der Waals surface area contributed by atoms with Gasteiger partial charge in [-0.2, -0.15) is 0 Å². The topological polar surface area (TPSA) is 99.1 Å². The van der Waals surface area contributed by atoms with Gasteiger partial charge in [-0.1, -0.05) is 0 Å². The number of amides is 1. The predicted octanol–water partition coefficient (Wildman–Crippen LogP) is -0.574. The minimum atomic E-state index is -0.852. The molecule has 0 fully saturated rings. The van der Waals surface area contributed by atoms with Crippen molar-refractivity contribution < 1.29 is 9.59 Å². The molecule has 1 rings (SSSR count). The van der Waals surface area contributed by atoms with Gasteiger partial charge in [0.15, 0.2) is 5.13 Å². The van der Waals surface area contributed by atoms with Gasteiger partial charge in [-0.15, -0.1) is 11.3 Å². The van der Waals surface area contributed by atoms with Gasteiger partial charge in [-0.3, -0.25) is 4.79 Å².